The highest BCUT2D eigenvalue weighted by molar-refractivity contribution is 8.14. The van der Waals surface area contributed by atoms with Gasteiger partial charge in [-0.3, -0.25) is 4.79 Å². The third-order valence-corrected chi connectivity index (χ3v) is 13.7. The van der Waals surface area contributed by atoms with E-state index < -0.39 is 0 Å². The van der Waals surface area contributed by atoms with Crippen LogP contribution in [-0.2, 0) is 4.79 Å². The summed E-state index contributed by atoms with van der Waals surface area (Å²) < 4.78 is 0. The van der Waals surface area contributed by atoms with E-state index in [-0.39, 0.29) is 10.5 Å². The molecule has 0 radical (unpaired) electrons. The molecule has 0 N–H and O–H groups in total. The molecule has 0 aromatic rings. The van der Waals surface area contributed by atoms with Crippen LogP contribution in [0.2, 0.25) is 0 Å². The van der Waals surface area contributed by atoms with Crippen molar-refractivity contribution in [3.8, 4) is 0 Å². The van der Waals surface area contributed by atoms with Crippen LogP contribution in [0.25, 0.3) is 0 Å². The van der Waals surface area contributed by atoms with Crippen molar-refractivity contribution in [3.05, 3.63) is 11.6 Å². The molecule has 0 heterocycles. The van der Waals surface area contributed by atoms with Crippen LogP contribution in [0.1, 0.15) is 138 Å². The van der Waals surface area contributed by atoms with Crippen molar-refractivity contribution >= 4 is 28.5 Å². The van der Waals surface area contributed by atoms with E-state index in [1.54, 1.807) is 17.3 Å². The zero-order valence-electron chi connectivity index (χ0n) is 25.0. The summed E-state index contributed by atoms with van der Waals surface area (Å²) in [5.41, 5.74) is 2.63. The van der Waals surface area contributed by atoms with Gasteiger partial charge in [0.1, 0.15) is 5.38 Å². The van der Waals surface area contributed by atoms with Gasteiger partial charge >= 0.3 is 0 Å². The Labute approximate surface area is 239 Å². The third kappa shape index (κ3) is 6.36. The quantitative estimate of drug-likeness (QED) is 0.145. The summed E-state index contributed by atoms with van der Waals surface area (Å²) in [6.45, 7) is 14.8. The Morgan fingerprint density at radius 2 is 1.78 bits per heavy atom. The molecule has 0 aromatic heterocycles. The second-order valence-corrected chi connectivity index (χ2v) is 16.4. The number of hydrogen-bond acceptors (Lipinski definition) is 2. The molecule has 3 heteroatoms. The Kier molecular flexibility index (Phi) is 10.3. The molecule has 4 aliphatic carbocycles. The molecule has 9 atom stereocenters. The molecule has 0 saturated heterocycles. The van der Waals surface area contributed by atoms with Gasteiger partial charge in [0.2, 0.25) is 5.12 Å². The highest BCUT2D eigenvalue weighted by Gasteiger charge is 2.59. The fraction of sp³-hybridized carbons (Fsp3) is 0.912. The maximum absolute atomic E-state index is 12.8. The SMILES string of the molecule is CCCCC[C@@H](Cl)C(=O)S[C@@H]1CC[C@@]2(C)C(=CC[C@H]3[C@@H]4CC[C@H]([C@@H](C)CCCC(C)C)[C@@]4(C)CC[C@@H]32)C1. The van der Waals surface area contributed by atoms with Crippen LogP contribution in [0.15, 0.2) is 11.6 Å². The summed E-state index contributed by atoms with van der Waals surface area (Å²) in [7, 11) is 0. The molecule has 4 aliphatic rings. The predicted octanol–water partition coefficient (Wildman–Crippen LogP) is 10.8. The largest absolute Gasteiger partial charge is 0.286 e. The maximum atomic E-state index is 12.8. The maximum Gasteiger partial charge on any atom is 0.207 e. The van der Waals surface area contributed by atoms with E-state index in [1.165, 1.54) is 77.0 Å². The third-order valence-electron chi connectivity index (χ3n) is 11.9. The Bertz CT molecular complexity index is 806. The predicted molar refractivity (Wildman–Crippen MR) is 163 cm³/mol. The van der Waals surface area contributed by atoms with Gasteiger partial charge in [0, 0.05) is 5.25 Å². The van der Waals surface area contributed by atoms with Crippen molar-refractivity contribution in [2.45, 2.75) is 148 Å². The first-order valence-electron chi connectivity index (χ1n) is 16.1. The van der Waals surface area contributed by atoms with E-state index in [9.17, 15) is 4.79 Å². The number of unbranched alkanes of at least 4 members (excludes halogenated alkanes) is 2. The van der Waals surface area contributed by atoms with Crippen LogP contribution < -0.4 is 0 Å². The monoisotopic (exact) mass is 548 g/mol. The molecule has 3 saturated carbocycles. The van der Waals surface area contributed by atoms with Crippen molar-refractivity contribution < 1.29 is 4.79 Å². The van der Waals surface area contributed by atoms with Gasteiger partial charge in [-0.15, -0.1) is 11.6 Å². The summed E-state index contributed by atoms with van der Waals surface area (Å²) in [4.78, 5) is 12.8. The van der Waals surface area contributed by atoms with Crippen LogP contribution in [0.3, 0.4) is 0 Å². The first-order valence-corrected chi connectivity index (χ1v) is 17.5. The van der Waals surface area contributed by atoms with Gasteiger partial charge in [-0.1, -0.05) is 103 Å². The molecule has 0 bridgehead atoms. The van der Waals surface area contributed by atoms with Gasteiger partial charge in [0.15, 0.2) is 0 Å². The lowest BCUT2D eigenvalue weighted by molar-refractivity contribution is -0.110. The Morgan fingerprint density at radius 1 is 1.00 bits per heavy atom. The first-order chi connectivity index (χ1) is 17.6. The van der Waals surface area contributed by atoms with Crippen LogP contribution in [0, 0.1) is 46.3 Å². The van der Waals surface area contributed by atoms with E-state index in [2.05, 4.69) is 47.6 Å². The molecule has 0 unspecified atom stereocenters. The van der Waals surface area contributed by atoms with Gasteiger partial charge in [0.25, 0.3) is 0 Å². The summed E-state index contributed by atoms with van der Waals surface area (Å²) in [5, 5.41) is 0.370. The number of thioether (sulfide) groups is 1. The second-order valence-electron chi connectivity index (χ2n) is 14.6. The summed E-state index contributed by atoms with van der Waals surface area (Å²) in [5.74, 6) is 5.32. The smallest absolute Gasteiger partial charge is 0.207 e. The van der Waals surface area contributed by atoms with E-state index in [4.69, 9.17) is 11.6 Å². The average Bonchev–Trinajstić information content (AvgIpc) is 3.21. The molecule has 212 valence electrons. The zero-order valence-corrected chi connectivity index (χ0v) is 26.6. The molecule has 0 amide bonds. The average molecular weight is 549 g/mol. The van der Waals surface area contributed by atoms with Gasteiger partial charge in [-0.05, 0) is 104 Å². The number of carbonyl (C=O) groups excluding carboxylic acids is 1. The molecule has 0 aromatic carbocycles. The zero-order chi connectivity index (χ0) is 26.8. The lowest BCUT2D eigenvalue weighted by atomic mass is 9.47. The fourth-order valence-electron chi connectivity index (χ4n) is 9.68. The molecular formula is C34H57ClOS. The molecular weight excluding hydrogens is 492 g/mol. The topological polar surface area (TPSA) is 17.1 Å². The lowest BCUT2D eigenvalue weighted by Gasteiger charge is -2.58. The number of fused-ring (bicyclic) bond motifs is 5. The normalized spacial score (nSPS) is 38.9. The Morgan fingerprint density at radius 3 is 2.51 bits per heavy atom. The minimum Gasteiger partial charge on any atom is -0.286 e. The van der Waals surface area contributed by atoms with E-state index in [0.29, 0.717) is 16.1 Å². The minimum atomic E-state index is -0.298. The number of carbonyl (C=O) groups is 1. The number of rotatable bonds is 11. The highest BCUT2D eigenvalue weighted by Crippen LogP contribution is 2.67. The van der Waals surface area contributed by atoms with Crippen LogP contribution in [0.5, 0.6) is 0 Å². The summed E-state index contributed by atoms with van der Waals surface area (Å²) in [6, 6.07) is 0. The molecule has 3 fully saturated rings. The molecule has 4 rings (SSSR count). The molecule has 0 aliphatic heterocycles. The molecule has 1 nitrogen and oxygen atoms in total. The molecule has 0 spiro atoms. The van der Waals surface area contributed by atoms with E-state index >= 15 is 0 Å². The van der Waals surface area contributed by atoms with Crippen molar-refractivity contribution in [2.75, 3.05) is 0 Å². The summed E-state index contributed by atoms with van der Waals surface area (Å²) in [6.07, 6.45) is 21.9. The van der Waals surface area contributed by atoms with E-state index in [1.807, 2.05) is 0 Å². The van der Waals surface area contributed by atoms with Crippen LogP contribution in [0.4, 0.5) is 0 Å². The Balaban J connectivity index is 1.38. The van der Waals surface area contributed by atoms with Crippen molar-refractivity contribution in [1.82, 2.24) is 0 Å². The van der Waals surface area contributed by atoms with Crippen LogP contribution in [-0.4, -0.2) is 15.7 Å². The lowest BCUT2D eigenvalue weighted by Crippen LogP contribution is -2.50. The van der Waals surface area contributed by atoms with Crippen LogP contribution >= 0.6 is 23.4 Å². The van der Waals surface area contributed by atoms with Gasteiger partial charge in [0.05, 0.1) is 0 Å². The number of alkyl halides is 1. The Hall–Kier alpha value is 0.0500. The van der Waals surface area contributed by atoms with Gasteiger partial charge in [-0.25, -0.2) is 0 Å². The van der Waals surface area contributed by atoms with Crippen molar-refractivity contribution in [3.63, 3.8) is 0 Å². The van der Waals surface area contributed by atoms with Gasteiger partial charge < -0.3 is 0 Å². The fourth-order valence-corrected chi connectivity index (χ4v) is 11.1. The van der Waals surface area contributed by atoms with Gasteiger partial charge in [-0.2, -0.15) is 0 Å². The minimum absolute atomic E-state index is 0.230. The first kappa shape index (κ1) is 30.0. The molecule has 37 heavy (non-hydrogen) atoms. The van der Waals surface area contributed by atoms with Crippen molar-refractivity contribution in [2.24, 2.45) is 46.3 Å². The number of allylic oxidation sites excluding steroid dienone is 2. The van der Waals surface area contributed by atoms with Crippen molar-refractivity contribution in [1.29, 1.82) is 0 Å². The number of halogens is 1. The number of hydrogen-bond donors (Lipinski definition) is 0. The summed E-state index contributed by atoms with van der Waals surface area (Å²) >= 11 is 8.08. The standard InChI is InChI=1S/C34H57ClOS/c1-7-8-9-13-31(35)32(36)37-26-18-20-33(5)25(22-26)14-15-27-29-17-16-28(24(4)12-10-11-23(2)3)34(29,6)21-19-30(27)33/h14,23-24,26-31H,7-13,15-22H2,1-6H3/t24-,26+,27-,28+,29-,30-,31+,33-,34+/m0/s1. The van der Waals surface area contributed by atoms with E-state index in [0.717, 1.165) is 54.8 Å². The second kappa shape index (κ2) is 12.7. The highest BCUT2D eigenvalue weighted by atomic mass is 35.5.